The van der Waals surface area contributed by atoms with Crippen LogP contribution in [0.15, 0.2) is 12.1 Å². The number of benzene rings is 1. The molecule has 0 aliphatic carbocycles. The van der Waals surface area contributed by atoms with E-state index in [0.29, 0.717) is 11.8 Å². The summed E-state index contributed by atoms with van der Waals surface area (Å²) in [5, 5.41) is 0. The Labute approximate surface area is 86.2 Å². The quantitative estimate of drug-likeness (QED) is 0.655. The lowest BCUT2D eigenvalue weighted by Crippen LogP contribution is -2.00. The van der Waals surface area contributed by atoms with Crippen molar-refractivity contribution in [2.45, 2.75) is 46.5 Å². The van der Waals surface area contributed by atoms with Gasteiger partial charge >= 0.3 is 0 Å². The maximum Gasteiger partial charge on any atom is 0.123 e. The number of hydrogen-bond acceptors (Lipinski definition) is 0. The zero-order chi connectivity index (χ0) is 10.9. The van der Waals surface area contributed by atoms with Gasteiger partial charge in [0.25, 0.3) is 0 Å². The third-order valence-electron chi connectivity index (χ3n) is 2.70. The van der Waals surface area contributed by atoms with Crippen LogP contribution >= 0.6 is 0 Å². The molecule has 0 spiro atoms. The van der Waals surface area contributed by atoms with Gasteiger partial charge in [0.15, 0.2) is 0 Å². The summed E-state index contributed by atoms with van der Waals surface area (Å²) in [5.41, 5.74) is 3.51. The SMILES string of the molecule is Cc1c(C(C)C)cc(F)cc1C(C)C. The normalized spacial score (nSPS) is 11.4. The van der Waals surface area contributed by atoms with Crippen molar-refractivity contribution in [2.75, 3.05) is 0 Å². The van der Waals surface area contributed by atoms with Crippen LogP contribution in [0, 0.1) is 12.7 Å². The second-order valence-corrected chi connectivity index (χ2v) is 4.52. The van der Waals surface area contributed by atoms with Crippen LogP contribution in [0.3, 0.4) is 0 Å². The molecule has 14 heavy (non-hydrogen) atoms. The molecule has 0 unspecified atom stereocenters. The molecule has 78 valence electrons. The zero-order valence-corrected chi connectivity index (χ0v) is 9.69. The second-order valence-electron chi connectivity index (χ2n) is 4.52. The minimum Gasteiger partial charge on any atom is -0.207 e. The number of hydrogen-bond donors (Lipinski definition) is 0. The van der Waals surface area contributed by atoms with E-state index in [-0.39, 0.29) is 5.82 Å². The Balaban J connectivity index is 3.32. The third-order valence-corrected chi connectivity index (χ3v) is 2.70. The fraction of sp³-hybridized carbons (Fsp3) is 0.538. The summed E-state index contributed by atoms with van der Waals surface area (Å²) in [5.74, 6) is 0.675. The Kier molecular flexibility index (Phi) is 3.30. The molecule has 0 radical (unpaired) electrons. The summed E-state index contributed by atoms with van der Waals surface area (Å²) >= 11 is 0. The molecule has 1 aromatic rings. The summed E-state index contributed by atoms with van der Waals surface area (Å²) in [6, 6.07) is 3.32. The lowest BCUT2D eigenvalue weighted by Gasteiger charge is -2.16. The van der Waals surface area contributed by atoms with E-state index < -0.39 is 0 Å². The van der Waals surface area contributed by atoms with Gasteiger partial charge in [0.2, 0.25) is 0 Å². The molecular weight excluding hydrogens is 175 g/mol. The molecule has 0 aliphatic heterocycles. The molecule has 0 nitrogen and oxygen atoms in total. The fourth-order valence-electron chi connectivity index (χ4n) is 1.92. The van der Waals surface area contributed by atoms with Crippen molar-refractivity contribution in [1.82, 2.24) is 0 Å². The van der Waals surface area contributed by atoms with Gasteiger partial charge in [0, 0.05) is 0 Å². The Morgan fingerprint density at radius 1 is 0.929 bits per heavy atom. The van der Waals surface area contributed by atoms with Crippen LogP contribution in [0.25, 0.3) is 0 Å². The molecule has 1 rings (SSSR count). The summed E-state index contributed by atoms with van der Waals surface area (Å²) in [4.78, 5) is 0. The van der Waals surface area contributed by atoms with Crippen molar-refractivity contribution in [3.8, 4) is 0 Å². The van der Waals surface area contributed by atoms with Gasteiger partial charge in [-0.1, -0.05) is 27.7 Å². The molecule has 0 atom stereocenters. The molecule has 0 fully saturated rings. The summed E-state index contributed by atoms with van der Waals surface area (Å²) < 4.78 is 13.3. The maximum absolute atomic E-state index is 13.3. The summed E-state index contributed by atoms with van der Waals surface area (Å²) in [7, 11) is 0. The Morgan fingerprint density at radius 3 is 1.57 bits per heavy atom. The van der Waals surface area contributed by atoms with Crippen molar-refractivity contribution < 1.29 is 4.39 Å². The van der Waals surface area contributed by atoms with Gasteiger partial charge in [0.1, 0.15) is 5.82 Å². The van der Waals surface area contributed by atoms with Crippen molar-refractivity contribution in [1.29, 1.82) is 0 Å². The van der Waals surface area contributed by atoms with Gasteiger partial charge in [0.05, 0.1) is 0 Å². The van der Waals surface area contributed by atoms with Crippen LogP contribution in [0.5, 0.6) is 0 Å². The van der Waals surface area contributed by atoms with Crippen molar-refractivity contribution in [2.24, 2.45) is 0 Å². The van der Waals surface area contributed by atoms with Crippen LogP contribution < -0.4 is 0 Å². The minimum absolute atomic E-state index is 0.108. The van der Waals surface area contributed by atoms with Gasteiger partial charge in [-0.15, -0.1) is 0 Å². The van der Waals surface area contributed by atoms with Crippen LogP contribution in [0.1, 0.15) is 56.2 Å². The highest BCUT2D eigenvalue weighted by atomic mass is 19.1. The molecule has 0 saturated carbocycles. The average molecular weight is 194 g/mol. The van der Waals surface area contributed by atoms with E-state index in [0.717, 1.165) is 11.1 Å². The molecule has 1 aromatic carbocycles. The van der Waals surface area contributed by atoms with Gasteiger partial charge < -0.3 is 0 Å². The van der Waals surface area contributed by atoms with Crippen molar-refractivity contribution in [3.05, 3.63) is 34.6 Å². The van der Waals surface area contributed by atoms with E-state index in [1.54, 1.807) is 12.1 Å². The Bertz CT molecular complexity index is 295. The molecule has 0 aromatic heterocycles. The maximum atomic E-state index is 13.3. The van der Waals surface area contributed by atoms with E-state index in [1.807, 2.05) is 0 Å². The van der Waals surface area contributed by atoms with E-state index in [9.17, 15) is 4.39 Å². The molecule has 0 bridgehead atoms. The highest BCUT2D eigenvalue weighted by molar-refractivity contribution is 5.38. The number of halogens is 1. The van der Waals surface area contributed by atoms with Gasteiger partial charge in [-0.05, 0) is 47.6 Å². The van der Waals surface area contributed by atoms with Gasteiger partial charge in [-0.2, -0.15) is 0 Å². The molecule has 0 heterocycles. The Morgan fingerprint density at radius 2 is 1.29 bits per heavy atom. The first kappa shape index (κ1) is 11.2. The monoisotopic (exact) mass is 194 g/mol. The van der Waals surface area contributed by atoms with Gasteiger partial charge in [-0.3, -0.25) is 0 Å². The van der Waals surface area contributed by atoms with Crippen molar-refractivity contribution in [3.63, 3.8) is 0 Å². The third kappa shape index (κ3) is 2.14. The van der Waals surface area contributed by atoms with Crippen LogP contribution in [-0.4, -0.2) is 0 Å². The topological polar surface area (TPSA) is 0 Å². The smallest absolute Gasteiger partial charge is 0.123 e. The number of rotatable bonds is 2. The first-order chi connectivity index (χ1) is 6.43. The fourth-order valence-corrected chi connectivity index (χ4v) is 1.92. The van der Waals surface area contributed by atoms with Crippen molar-refractivity contribution >= 4 is 0 Å². The molecule has 0 aliphatic rings. The average Bonchev–Trinajstić information content (AvgIpc) is 2.07. The van der Waals surface area contributed by atoms with E-state index in [2.05, 4.69) is 34.6 Å². The molecule has 1 heteroatoms. The molecule has 0 N–H and O–H groups in total. The summed E-state index contributed by atoms with van der Waals surface area (Å²) in [6.45, 7) is 10.5. The predicted octanol–water partition coefficient (Wildman–Crippen LogP) is 4.38. The highest BCUT2D eigenvalue weighted by Gasteiger charge is 2.12. The first-order valence-corrected chi connectivity index (χ1v) is 5.23. The lowest BCUT2D eigenvalue weighted by atomic mass is 9.89. The van der Waals surface area contributed by atoms with Crippen LogP contribution in [0.4, 0.5) is 4.39 Å². The van der Waals surface area contributed by atoms with Crippen LogP contribution in [0.2, 0.25) is 0 Å². The first-order valence-electron chi connectivity index (χ1n) is 5.23. The van der Waals surface area contributed by atoms with E-state index in [1.165, 1.54) is 5.56 Å². The standard InChI is InChI=1S/C13H19F/c1-8(2)12-6-11(14)7-13(9(3)4)10(12)5/h6-9H,1-5H3. The minimum atomic E-state index is -0.108. The van der Waals surface area contributed by atoms with Gasteiger partial charge in [-0.25, -0.2) is 4.39 Å². The molecule has 0 amide bonds. The predicted molar refractivity (Wildman–Crippen MR) is 59.3 cm³/mol. The Hall–Kier alpha value is -0.850. The van der Waals surface area contributed by atoms with Crippen LogP contribution in [-0.2, 0) is 0 Å². The largest absolute Gasteiger partial charge is 0.207 e. The summed E-state index contributed by atoms with van der Waals surface area (Å²) in [6.07, 6.45) is 0. The zero-order valence-electron chi connectivity index (χ0n) is 9.69. The highest BCUT2D eigenvalue weighted by Crippen LogP contribution is 2.27. The molecule has 0 saturated heterocycles. The molecular formula is C13H19F. The second kappa shape index (κ2) is 4.12. The van der Waals surface area contributed by atoms with E-state index in [4.69, 9.17) is 0 Å². The lowest BCUT2D eigenvalue weighted by molar-refractivity contribution is 0.616. The van der Waals surface area contributed by atoms with E-state index >= 15 is 0 Å².